The first-order valence-corrected chi connectivity index (χ1v) is 10.7. The first-order valence-electron chi connectivity index (χ1n) is 8.46. The van der Waals surface area contributed by atoms with Crippen LogP contribution in [0.15, 0.2) is 52.9 Å². The minimum atomic E-state index is -0.703. The fourth-order valence-electron chi connectivity index (χ4n) is 2.90. The Bertz CT molecular complexity index is 992. The van der Waals surface area contributed by atoms with E-state index in [0.717, 1.165) is 20.1 Å². The fourth-order valence-corrected chi connectivity index (χ4v) is 5.13. The van der Waals surface area contributed by atoms with Crippen molar-refractivity contribution >= 4 is 56.7 Å². The highest BCUT2D eigenvalue weighted by atomic mass is 35.5. The van der Waals surface area contributed by atoms with Gasteiger partial charge >= 0.3 is 0 Å². The Labute approximate surface area is 174 Å². The lowest BCUT2D eigenvalue weighted by molar-refractivity contribution is -0.155. The highest BCUT2D eigenvalue weighted by Crippen LogP contribution is 2.37. The number of methoxy groups -OCH3 is 1. The Morgan fingerprint density at radius 3 is 2.75 bits per heavy atom. The van der Waals surface area contributed by atoms with Gasteiger partial charge in [-0.25, -0.2) is 9.99 Å². The number of β-lactam (4-membered cyclic amide) rings is 1. The Morgan fingerprint density at radius 1 is 1.29 bits per heavy atom. The number of carbonyl (C=O) groups excluding carboxylic acids is 2. The van der Waals surface area contributed by atoms with Crippen molar-refractivity contribution in [2.24, 2.45) is 0 Å². The zero-order valence-electron chi connectivity index (χ0n) is 14.8. The summed E-state index contributed by atoms with van der Waals surface area (Å²) in [6.45, 7) is 0. The highest BCUT2D eigenvalue weighted by Gasteiger charge is 2.48. The summed E-state index contributed by atoms with van der Waals surface area (Å²) in [4.78, 5) is 29.0. The van der Waals surface area contributed by atoms with Gasteiger partial charge in [-0.15, -0.1) is 22.9 Å². The van der Waals surface area contributed by atoms with Crippen molar-refractivity contribution < 1.29 is 14.3 Å². The number of nitrogens with one attached hydrogen (secondary N) is 1. The number of halogens is 1. The van der Waals surface area contributed by atoms with Crippen LogP contribution < -0.4 is 10.2 Å². The van der Waals surface area contributed by atoms with Crippen LogP contribution in [0.5, 0.6) is 5.75 Å². The number of alkyl halides is 1. The number of para-hydroxylation sites is 1. The van der Waals surface area contributed by atoms with Crippen molar-refractivity contribution in [3.05, 3.63) is 54.1 Å². The molecule has 0 aliphatic carbocycles. The van der Waals surface area contributed by atoms with Gasteiger partial charge in [-0.1, -0.05) is 36.0 Å². The molecule has 1 N–H and O–H groups in total. The topological polar surface area (TPSA) is 71.5 Å². The fraction of sp³-hybridized carbons (Fsp3) is 0.211. The molecule has 144 valence electrons. The number of aromatic nitrogens is 1. The maximum absolute atomic E-state index is 12.4. The van der Waals surface area contributed by atoms with E-state index < -0.39 is 11.4 Å². The molecular weight excluding hydrogens is 418 g/mol. The summed E-state index contributed by atoms with van der Waals surface area (Å²) >= 11 is 9.06. The van der Waals surface area contributed by atoms with Gasteiger partial charge in [-0.05, 0) is 29.8 Å². The number of thiazole rings is 1. The second-order valence-electron chi connectivity index (χ2n) is 6.10. The summed E-state index contributed by atoms with van der Waals surface area (Å²) in [6.07, 6.45) is 0. The van der Waals surface area contributed by atoms with Gasteiger partial charge in [-0.2, -0.15) is 0 Å². The number of fused-ring (bicyclic) bond motifs is 1. The summed E-state index contributed by atoms with van der Waals surface area (Å²) in [5.41, 5.74) is 4.41. The minimum Gasteiger partial charge on any atom is -0.497 e. The van der Waals surface area contributed by atoms with Gasteiger partial charge in [0.25, 0.3) is 5.91 Å². The number of ether oxygens (including phenoxy) is 1. The van der Waals surface area contributed by atoms with E-state index in [4.69, 9.17) is 16.3 Å². The number of carbonyl (C=O) groups is 2. The van der Waals surface area contributed by atoms with Gasteiger partial charge in [0.1, 0.15) is 17.2 Å². The molecule has 2 heterocycles. The van der Waals surface area contributed by atoms with E-state index in [-0.39, 0.29) is 17.6 Å². The van der Waals surface area contributed by atoms with Crippen LogP contribution in [0.2, 0.25) is 0 Å². The van der Waals surface area contributed by atoms with Crippen molar-refractivity contribution in [2.45, 2.75) is 15.8 Å². The first-order chi connectivity index (χ1) is 13.6. The van der Waals surface area contributed by atoms with Gasteiger partial charge < -0.3 is 4.74 Å². The second-order valence-corrected chi connectivity index (χ2v) is 8.82. The van der Waals surface area contributed by atoms with Crippen LogP contribution in [0.1, 0.15) is 11.6 Å². The van der Waals surface area contributed by atoms with Gasteiger partial charge in [0.05, 0.1) is 23.1 Å². The number of nitrogens with zero attached hydrogens (tertiary/aromatic N) is 2. The molecule has 0 bridgehead atoms. The minimum absolute atomic E-state index is 0.159. The average Bonchev–Trinajstić information content (AvgIpc) is 3.15. The summed E-state index contributed by atoms with van der Waals surface area (Å²) in [6, 6.07) is 14.7. The number of hydrazine groups is 1. The standard InChI is InChI=1S/C19H16ClN3O3S2/c1-26-12-8-6-11(7-9-12)17-16(20)18(25)23(17)22-15(24)10-27-19-21-13-4-2-3-5-14(13)28-19/h2-9,16-17H,10H2,1H3,(H,22,24). The number of rotatable bonds is 6. The van der Waals surface area contributed by atoms with Gasteiger partial charge in [-0.3, -0.25) is 15.0 Å². The quantitative estimate of drug-likeness (QED) is 0.365. The molecule has 2 amide bonds. The molecule has 3 aromatic rings. The Balaban J connectivity index is 1.38. The number of hydrogen-bond acceptors (Lipinski definition) is 6. The summed E-state index contributed by atoms with van der Waals surface area (Å²) in [7, 11) is 1.59. The molecule has 2 atom stereocenters. The summed E-state index contributed by atoms with van der Waals surface area (Å²) in [5, 5.41) is 0.589. The van der Waals surface area contributed by atoms with Gasteiger partial charge in [0.2, 0.25) is 5.91 Å². The lowest BCUT2D eigenvalue weighted by Crippen LogP contribution is -2.63. The largest absolute Gasteiger partial charge is 0.497 e. The lowest BCUT2D eigenvalue weighted by atomic mass is 9.95. The normalized spacial score (nSPS) is 18.8. The SMILES string of the molecule is COc1ccc(C2C(Cl)C(=O)N2NC(=O)CSc2nc3ccccc3s2)cc1. The van der Waals surface area contributed by atoms with E-state index in [2.05, 4.69) is 10.4 Å². The summed E-state index contributed by atoms with van der Waals surface area (Å²) < 4.78 is 7.03. The molecule has 1 saturated heterocycles. The summed E-state index contributed by atoms with van der Waals surface area (Å²) in [5.74, 6) is 0.273. The Morgan fingerprint density at radius 2 is 2.04 bits per heavy atom. The van der Waals surface area contributed by atoms with Gasteiger partial charge in [0.15, 0.2) is 4.34 Å². The van der Waals surface area contributed by atoms with Crippen LogP contribution in [0.25, 0.3) is 10.2 Å². The molecule has 6 nitrogen and oxygen atoms in total. The number of amides is 2. The molecule has 28 heavy (non-hydrogen) atoms. The molecule has 0 saturated carbocycles. The van der Waals surface area contributed by atoms with Crippen molar-refractivity contribution in [2.75, 3.05) is 12.9 Å². The number of thioether (sulfide) groups is 1. The van der Waals surface area contributed by atoms with E-state index >= 15 is 0 Å². The highest BCUT2D eigenvalue weighted by molar-refractivity contribution is 8.01. The molecule has 2 aromatic carbocycles. The zero-order valence-corrected chi connectivity index (χ0v) is 17.2. The number of benzene rings is 2. The van der Waals surface area contributed by atoms with E-state index in [9.17, 15) is 9.59 Å². The van der Waals surface area contributed by atoms with E-state index in [1.165, 1.54) is 28.1 Å². The van der Waals surface area contributed by atoms with Crippen LogP contribution >= 0.6 is 34.7 Å². The maximum atomic E-state index is 12.4. The predicted octanol–water partition coefficient (Wildman–Crippen LogP) is 3.62. The molecular formula is C19H16ClN3O3S2. The van der Waals surface area contributed by atoms with Crippen molar-refractivity contribution in [3.8, 4) is 5.75 Å². The van der Waals surface area contributed by atoms with E-state index in [1.807, 2.05) is 36.4 Å². The molecule has 9 heteroatoms. The van der Waals surface area contributed by atoms with E-state index in [0.29, 0.717) is 5.75 Å². The van der Waals surface area contributed by atoms with Crippen LogP contribution in [0.4, 0.5) is 0 Å². The van der Waals surface area contributed by atoms with E-state index in [1.54, 1.807) is 19.2 Å². The molecule has 1 aliphatic heterocycles. The smallest absolute Gasteiger partial charge is 0.262 e. The Hall–Kier alpha value is -2.29. The molecule has 0 radical (unpaired) electrons. The third-order valence-electron chi connectivity index (χ3n) is 4.33. The molecule has 1 fully saturated rings. The van der Waals surface area contributed by atoms with Crippen molar-refractivity contribution in [1.82, 2.24) is 15.4 Å². The lowest BCUT2D eigenvalue weighted by Gasteiger charge is -2.43. The van der Waals surface area contributed by atoms with Gasteiger partial charge in [0, 0.05) is 0 Å². The van der Waals surface area contributed by atoms with Crippen molar-refractivity contribution in [3.63, 3.8) is 0 Å². The maximum Gasteiger partial charge on any atom is 0.262 e. The second kappa shape index (κ2) is 7.98. The third kappa shape index (κ3) is 3.67. The van der Waals surface area contributed by atoms with Crippen molar-refractivity contribution in [1.29, 1.82) is 0 Å². The third-order valence-corrected chi connectivity index (χ3v) is 6.94. The molecule has 0 spiro atoms. The average molecular weight is 434 g/mol. The van der Waals surface area contributed by atoms with Crippen LogP contribution in [-0.4, -0.2) is 40.0 Å². The van der Waals surface area contributed by atoms with Crippen LogP contribution in [0.3, 0.4) is 0 Å². The molecule has 1 aliphatic rings. The van der Waals surface area contributed by atoms with Crippen LogP contribution in [-0.2, 0) is 9.59 Å². The predicted molar refractivity (Wildman–Crippen MR) is 111 cm³/mol. The monoisotopic (exact) mass is 433 g/mol. The molecule has 4 rings (SSSR count). The first kappa shape index (κ1) is 19.0. The van der Waals surface area contributed by atoms with Crippen LogP contribution in [0, 0.1) is 0 Å². The molecule has 1 aromatic heterocycles. The molecule has 2 unspecified atom stereocenters. The number of hydrogen-bond donors (Lipinski definition) is 1. The zero-order chi connectivity index (χ0) is 19.7. The Kier molecular flexibility index (Phi) is 5.43.